The van der Waals surface area contributed by atoms with Gasteiger partial charge in [0.15, 0.2) is 5.96 Å². The van der Waals surface area contributed by atoms with Gasteiger partial charge in [0.1, 0.15) is 12.6 Å². The summed E-state index contributed by atoms with van der Waals surface area (Å²) in [6.45, 7) is 8.89. The van der Waals surface area contributed by atoms with Crippen molar-refractivity contribution >= 4 is 17.8 Å². The predicted molar refractivity (Wildman–Crippen MR) is 118 cm³/mol. The van der Waals surface area contributed by atoms with Crippen LogP contribution < -0.4 is 5.32 Å². The van der Waals surface area contributed by atoms with E-state index in [1.165, 1.54) is 0 Å². The summed E-state index contributed by atoms with van der Waals surface area (Å²) in [5.41, 5.74) is 0. The van der Waals surface area contributed by atoms with Gasteiger partial charge in [0.25, 0.3) is 5.91 Å². The summed E-state index contributed by atoms with van der Waals surface area (Å²) in [6.07, 6.45) is 2.51. The topological polar surface area (TPSA) is 90.0 Å². The fraction of sp³-hybridized carbons (Fsp3) is 0.857. The van der Waals surface area contributed by atoms with Gasteiger partial charge in [-0.25, -0.2) is 4.99 Å². The van der Waals surface area contributed by atoms with Crippen molar-refractivity contribution in [3.8, 4) is 0 Å². The van der Waals surface area contributed by atoms with Gasteiger partial charge in [0.05, 0.1) is 13.2 Å². The number of aliphatic imine (C=N–C) groups is 1. The molecule has 31 heavy (non-hydrogen) atoms. The van der Waals surface area contributed by atoms with E-state index in [0.29, 0.717) is 32.8 Å². The molecule has 176 valence electrons. The van der Waals surface area contributed by atoms with Crippen molar-refractivity contribution in [1.82, 2.24) is 24.9 Å². The highest BCUT2D eigenvalue weighted by Gasteiger charge is 2.31. The SMILES string of the molecule is CN(C)C(=O)CN=C(NCCCN1CCOCC1)N1CCN(C(=O)C2CCCO2)CC1. The Morgan fingerprint density at radius 2 is 1.74 bits per heavy atom. The van der Waals surface area contributed by atoms with Crippen LogP contribution in [0.1, 0.15) is 19.3 Å². The van der Waals surface area contributed by atoms with Crippen LogP contribution >= 0.6 is 0 Å². The number of ether oxygens (including phenoxy) is 2. The lowest BCUT2D eigenvalue weighted by Crippen LogP contribution is -2.55. The summed E-state index contributed by atoms with van der Waals surface area (Å²) in [5, 5.41) is 3.44. The minimum atomic E-state index is -0.268. The second-order valence-corrected chi connectivity index (χ2v) is 8.48. The molecule has 3 saturated heterocycles. The van der Waals surface area contributed by atoms with Crippen LogP contribution in [-0.4, -0.2) is 136 Å². The van der Waals surface area contributed by atoms with Crippen LogP contribution in [0.25, 0.3) is 0 Å². The van der Waals surface area contributed by atoms with Crippen LogP contribution in [0.15, 0.2) is 4.99 Å². The minimum absolute atomic E-state index is 0.0280. The van der Waals surface area contributed by atoms with Crippen molar-refractivity contribution in [2.45, 2.75) is 25.4 Å². The number of guanidine groups is 1. The van der Waals surface area contributed by atoms with Gasteiger partial charge in [-0.05, 0) is 25.8 Å². The lowest BCUT2D eigenvalue weighted by molar-refractivity contribution is -0.142. The molecule has 1 N–H and O–H groups in total. The van der Waals surface area contributed by atoms with Crippen LogP contribution in [0.4, 0.5) is 0 Å². The number of carbonyl (C=O) groups is 2. The van der Waals surface area contributed by atoms with E-state index in [2.05, 4.69) is 20.1 Å². The number of nitrogens with zero attached hydrogens (tertiary/aromatic N) is 5. The van der Waals surface area contributed by atoms with Gasteiger partial charge >= 0.3 is 0 Å². The zero-order valence-corrected chi connectivity index (χ0v) is 19.1. The van der Waals surface area contributed by atoms with Crippen molar-refractivity contribution < 1.29 is 19.1 Å². The van der Waals surface area contributed by atoms with Gasteiger partial charge in [-0.15, -0.1) is 0 Å². The fourth-order valence-corrected chi connectivity index (χ4v) is 3.99. The third-order valence-electron chi connectivity index (χ3n) is 6.00. The molecular formula is C21H38N6O4. The zero-order chi connectivity index (χ0) is 22.1. The Balaban J connectivity index is 1.49. The van der Waals surface area contributed by atoms with Gasteiger partial charge in [0, 0.05) is 66.5 Å². The maximum absolute atomic E-state index is 12.6. The first-order chi connectivity index (χ1) is 15.0. The molecule has 3 aliphatic rings. The monoisotopic (exact) mass is 438 g/mol. The van der Waals surface area contributed by atoms with E-state index in [1.807, 2.05) is 4.90 Å². The van der Waals surface area contributed by atoms with E-state index < -0.39 is 0 Å². The lowest BCUT2D eigenvalue weighted by Gasteiger charge is -2.37. The van der Waals surface area contributed by atoms with E-state index in [4.69, 9.17) is 9.47 Å². The van der Waals surface area contributed by atoms with Gasteiger partial charge in [-0.2, -0.15) is 0 Å². The first-order valence-electron chi connectivity index (χ1n) is 11.5. The second-order valence-electron chi connectivity index (χ2n) is 8.48. The number of amides is 2. The zero-order valence-electron chi connectivity index (χ0n) is 19.1. The molecule has 0 bridgehead atoms. The molecule has 0 aromatic heterocycles. The van der Waals surface area contributed by atoms with E-state index in [0.717, 1.165) is 64.6 Å². The first-order valence-corrected chi connectivity index (χ1v) is 11.5. The number of hydrogen-bond donors (Lipinski definition) is 1. The van der Waals surface area contributed by atoms with E-state index >= 15 is 0 Å². The number of carbonyl (C=O) groups excluding carboxylic acids is 2. The first kappa shape index (κ1) is 23.7. The molecule has 0 aromatic carbocycles. The van der Waals surface area contributed by atoms with Crippen molar-refractivity contribution in [2.75, 3.05) is 92.8 Å². The highest BCUT2D eigenvalue weighted by atomic mass is 16.5. The molecule has 1 unspecified atom stereocenters. The molecule has 0 aromatic rings. The number of rotatable bonds is 7. The number of morpholine rings is 1. The van der Waals surface area contributed by atoms with Crippen LogP contribution in [0.5, 0.6) is 0 Å². The average Bonchev–Trinajstić information content (AvgIpc) is 3.33. The normalized spacial score (nSPS) is 23.2. The summed E-state index contributed by atoms with van der Waals surface area (Å²) in [7, 11) is 3.48. The standard InChI is InChI=1S/C21H38N6O4/c1-24(2)19(28)17-23-21(22-6-4-7-25-12-15-30-16-13-25)27-10-8-26(9-11-27)20(29)18-5-3-14-31-18/h18H,3-17H2,1-2H3,(H,22,23). The number of piperazine rings is 1. The Kier molecular flexibility index (Phi) is 9.35. The average molecular weight is 439 g/mol. The van der Waals surface area contributed by atoms with Crippen LogP contribution in [0.2, 0.25) is 0 Å². The van der Waals surface area contributed by atoms with Gasteiger partial charge in [0.2, 0.25) is 5.91 Å². The molecule has 10 heteroatoms. The largest absolute Gasteiger partial charge is 0.379 e. The Morgan fingerprint density at radius 3 is 2.39 bits per heavy atom. The molecule has 0 radical (unpaired) electrons. The summed E-state index contributed by atoms with van der Waals surface area (Å²) in [4.78, 5) is 37.2. The molecule has 2 amide bonds. The summed E-state index contributed by atoms with van der Waals surface area (Å²) < 4.78 is 11.0. The minimum Gasteiger partial charge on any atom is -0.379 e. The summed E-state index contributed by atoms with van der Waals surface area (Å²) >= 11 is 0. The van der Waals surface area contributed by atoms with Crippen LogP contribution in [0, 0.1) is 0 Å². The van der Waals surface area contributed by atoms with E-state index in [-0.39, 0.29) is 24.5 Å². The third kappa shape index (κ3) is 7.33. The Hall–Kier alpha value is -1.91. The Labute approximate surface area is 185 Å². The van der Waals surface area contributed by atoms with Crippen molar-refractivity contribution in [2.24, 2.45) is 4.99 Å². The lowest BCUT2D eigenvalue weighted by atomic mass is 10.2. The molecule has 1 atom stereocenters. The van der Waals surface area contributed by atoms with E-state index in [9.17, 15) is 9.59 Å². The van der Waals surface area contributed by atoms with Gasteiger partial charge in [-0.1, -0.05) is 0 Å². The van der Waals surface area contributed by atoms with Crippen molar-refractivity contribution in [3.63, 3.8) is 0 Å². The number of hydrogen-bond acceptors (Lipinski definition) is 6. The maximum atomic E-state index is 12.6. The van der Waals surface area contributed by atoms with Crippen molar-refractivity contribution in [3.05, 3.63) is 0 Å². The Bertz CT molecular complexity index is 609. The predicted octanol–water partition coefficient (Wildman–Crippen LogP) is -0.934. The summed E-state index contributed by atoms with van der Waals surface area (Å²) in [6, 6.07) is 0. The van der Waals surface area contributed by atoms with Crippen LogP contribution in [0.3, 0.4) is 0 Å². The number of nitrogens with one attached hydrogen (secondary N) is 1. The van der Waals surface area contributed by atoms with Gasteiger partial charge in [-0.3, -0.25) is 14.5 Å². The van der Waals surface area contributed by atoms with Crippen LogP contribution in [-0.2, 0) is 19.1 Å². The maximum Gasteiger partial charge on any atom is 0.251 e. The number of likely N-dealkylation sites (N-methyl/N-ethyl adjacent to an activating group) is 1. The van der Waals surface area contributed by atoms with E-state index in [1.54, 1.807) is 19.0 Å². The fourth-order valence-electron chi connectivity index (χ4n) is 3.99. The van der Waals surface area contributed by atoms with Gasteiger partial charge < -0.3 is 29.5 Å². The molecular weight excluding hydrogens is 400 g/mol. The molecule has 3 heterocycles. The molecule has 10 nitrogen and oxygen atoms in total. The van der Waals surface area contributed by atoms with Crippen molar-refractivity contribution in [1.29, 1.82) is 0 Å². The molecule has 0 aliphatic carbocycles. The smallest absolute Gasteiger partial charge is 0.251 e. The summed E-state index contributed by atoms with van der Waals surface area (Å²) in [5.74, 6) is 0.832. The molecule has 0 spiro atoms. The molecule has 3 aliphatic heterocycles. The third-order valence-corrected chi connectivity index (χ3v) is 6.00. The molecule has 3 rings (SSSR count). The highest BCUT2D eigenvalue weighted by molar-refractivity contribution is 5.85. The Morgan fingerprint density at radius 1 is 1.03 bits per heavy atom. The second kappa shape index (κ2) is 12.2. The quantitative estimate of drug-likeness (QED) is 0.312. The molecule has 0 saturated carbocycles. The molecule has 3 fully saturated rings. The highest BCUT2D eigenvalue weighted by Crippen LogP contribution is 2.16.